The molecule has 0 aromatic heterocycles. The van der Waals surface area contributed by atoms with Gasteiger partial charge in [-0.15, -0.1) is 0 Å². The molecule has 1 aliphatic heterocycles. The number of hydrogen-bond donors (Lipinski definition) is 1. The van der Waals surface area contributed by atoms with Crippen molar-refractivity contribution in [2.24, 2.45) is 5.92 Å². The van der Waals surface area contributed by atoms with Gasteiger partial charge in [-0.2, -0.15) is 0 Å². The zero-order chi connectivity index (χ0) is 14.0. The summed E-state index contributed by atoms with van der Waals surface area (Å²) in [4.78, 5) is 12.1. The molecule has 0 radical (unpaired) electrons. The molecule has 1 aliphatic rings. The van der Waals surface area contributed by atoms with Crippen molar-refractivity contribution in [1.82, 2.24) is 0 Å². The highest BCUT2D eigenvalue weighted by molar-refractivity contribution is 9.10. The SMILES string of the molecule is CCc1cc(Br)ccc1NC(=O)C1CCS(=O)(=O)C1. The lowest BCUT2D eigenvalue weighted by molar-refractivity contribution is -0.119. The van der Waals surface area contributed by atoms with E-state index in [1.165, 1.54) is 0 Å². The molecule has 2 rings (SSSR count). The Morgan fingerprint density at radius 2 is 2.21 bits per heavy atom. The third-order valence-electron chi connectivity index (χ3n) is 3.31. The monoisotopic (exact) mass is 345 g/mol. The van der Waals surface area contributed by atoms with Gasteiger partial charge in [-0.3, -0.25) is 4.79 Å². The second-order valence-corrected chi connectivity index (χ2v) is 7.89. The number of nitrogens with one attached hydrogen (secondary N) is 1. The van der Waals surface area contributed by atoms with Gasteiger partial charge in [0.1, 0.15) is 0 Å². The molecule has 0 aliphatic carbocycles. The van der Waals surface area contributed by atoms with Crippen LogP contribution in [0.5, 0.6) is 0 Å². The number of halogens is 1. The van der Waals surface area contributed by atoms with E-state index >= 15 is 0 Å². The average molecular weight is 346 g/mol. The van der Waals surface area contributed by atoms with Crippen molar-refractivity contribution in [3.05, 3.63) is 28.2 Å². The summed E-state index contributed by atoms with van der Waals surface area (Å²) in [7, 11) is -3.02. The van der Waals surface area contributed by atoms with Gasteiger partial charge in [-0.05, 0) is 36.6 Å². The minimum atomic E-state index is -3.02. The number of rotatable bonds is 3. The molecule has 1 unspecified atom stereocenters. The number of sulfone groups is 1. The summed E-state index contributed by atoms with van der Waals surface area (Å²) in [5.41, 5.74) is 1.79. The Balaban J connectivity index is 2.11. The second kappa shape index (κ2) is 5.63. The van der Waals surface area contributed by atoms with Gasteiger partial charge in [0.15, 0.2) is 9.84 Å². The van der Waals surface area contributed by atoms with E-state index in [-0.39, 0.29) is 17.4 Å². The van der Waals surface area contributed by atoms with Crippen molar-refractivity contribution in [2.75, 3.05) is 16.8 Å². The molecule has 0 bridgehead atoms. The fraction of sp³-hybridized carbons (Fsp3) is 0.462. The van der Waals surface area contributed by atoms with Crippen LogP contribution >= 0.6 is 15.9 Å². The molecule has 1 fully saturated rings. The third-order valence-corrected chi connectivity index (χ3v) is 5.57. The first-order chi connectivity index (χ1) is 8.91. The molecule has 4 nitrogen and oxygen atoms in total. The molecule has 1 atom stereocenters. The third kappa shape index (κ3) is 3.57. The number of hydrogen-bond acceptors (Lipinski definition) is 3. The topological polar surface area (TPSA) is 63.2 Å². The molecule has 19 heavy (non-hydrogen) atoms. The first kappa shape index (κ1) is 14.5. The fourth-order valence-electron chi connectivity index (χ4n) is 2.21. The van der Waals surface area contributed by atoms with E-state index in [0.717, 1.165) is 22.1 Å². The van der Waals surface area contributed by atoms with Crippen LogP contribution in [0.4, 0.5) is 5.69 Å². The van der Waals surface area contributed by atoms with Crippen LogP contribution in [0.3, 0.4) is 0 Å². The highest BCUT2D eigenvalue weighted by Gasteiger charge is 2.33. The van der Waals surface area contributed by atoms with Crippen LogP contribution in [0.1, 0.15) is 18.9 Å². The summed E-state index contributed by atoms with van der Waals surface area (Å²) in [5.74, 6) is -0.528. The van der Waals surface area contributed by atoms with Crippen molar-refractivity contribution in [2.45, 2.75) is 19.8 Å². The molecular formula is C13H16BrNO3S. The maximum Gasteiger partial charge on any atom is 0.228 e. The Kier molecular flexibility index (Phi) is 4.30. The molecule has 6 heteroatoms. The molecule has 1 heterocycles. The largest absolute Gasteiger partial charge is 0.326 e. The minimum absolute atomic E-state index is 0.0309. The number of anilines is 1. The summed E-state index contributed by atoms with van der Waals surface area (Å²) in [5, 5.41) is 2.84. The lowest BCUT2D eigenvalue weighted by atomic mass is 10.1. The Morgan fingerprint density at radius 3 is 2.79 bits per heavy atom. The molecular weight excluding hydrogens is 330 g/mol. The number of aryl methyl sites for hydroxylation is 1. The first-order valence-corrected chi connectivity index (χ1v) is 8.82. The smallest absolute Gasteiger partial charge is 0.228 e. The van der Waals surface area contributed by atoms with Gasteiger partial charge >= 0.3 is 0 Å². The minimum Gasteiger partial charge on any atom is -0.326 e. The summed E-state index contributed by atoms with van der Waals surface area (Å²) >= 11 is 3.39. The number of carbonyl (C=O) groups excluding carboxylic acids is 1. The molecule has 1 saturated heterocycles. The van der Waals surface area contributed by atoms with E-state index in [1.807, 2.05) is 25.1 Å². The normalized spacial score (nSPS) is 21.3. The van der Waals surface area contributed by atoms with Gasteiger partial charge in [-0.1, -0.05) is 22.9 Å². The quantitative estimate of drug-likeness (QED) is 0.914. The van der Waals surface area contributed by atoms with Crippen molar-refractivity contribution in [3.63, 3.8) is 0 Å². The predicted octanol–water partition coefficient (Wildman–Crippen LogP) is 2.38. The highest BCUT2D eigenvalue weighted by atomic mass is 79.9. The van der Waals surface area contributed by atoms with E-state index in [9.17, 15) is 13.2 Å². The zero-order valence-corrected chi connectivity index (χ0v) is 13.1. The molecule has 0 spiro atoms. The van der Waals surface area contributed by atoms with Crippen LogP contribution in [0.2, 0.25) is 0 Å². The van der Waals surface area contributed by atoms with Gasteiger partial charge in [-0.25, -0.2) is 8.42 Å². The summed E-state index contributed by atoms with van der Waals surface area (Å²) in [6.07, 6.45) is 1.23. The van der Waals surface area contributed by atoms with Crippen LogP contribution in [0, 0.1) is 5.92 Å². The van der Waals surface area contributed by atoms with Crippen LogP contribution in [-0.4, -0.2) is 25.8 Å². The van der Waals surface area contributed by atoms with E-state index in [0.29, 0.717) is 6.42 Å². The van der Waals surface area contributed by atoms with Crippen LogP contribution in [0.25, 0.3) is 0 Å². The van der Waals surface area contributed by atoms with Crippen molar-refractivity contribution in [3.8, 4) is 0 Å². The lowest BCUT2D eigenvalue weighted by Crippen LogP contribution is -2.24. The highest BCUT2D eigenvalue weighted by Crippen LogP contribution is 2.24. The van der Waals surface area contributed by atoms with Gasteiger partial charge in [0.2, 0.25) is 5.91 Å². The Morgan fingerprint density at radius 1 is 1.47 bits per heavy atom. The predicted molar refractivity (Wildman–Crippen MR) is 78.9 cm³/mol. The van der Waals surface area contributed by atoms with Crippen molar-refractivity contribution in [1.29, 1.82) is 0 Å². The van der Waals surface area contributed by atoms with E-state index < -0.39 is 15.8 Å². The average Bonchev–Trinajstić information content (AvgIpc) is 2.72. The molecule has 1 aromatic rings. The maximum atomic E-state index is 12.1. The Hall–Kier alpha value is -0.880. The van der Waals surface area contributed by atoms with Crippen LogP contribution in [0.15, 0.2) is 22.7 Å². The molecule has 1 aromatic carbocycles. The van der Waals surface area contributed by atoms with E-state index in [4.69, 9.17) is 0 Å². The standard InChI is InChI=1S/C13H16BrNO3S/c1-2-9-7-11(14)3-4-12(9)15-13(16)10-5-6-19(17,18)8-10/h3-4,7,10H,2,5-6,8H2,1H3,(H,15,16). The van der Waals surface area contributed by atoms with Gasteiger partial charge < -0.3 is 5.32 Å². The fourth-order valence-corrected chi connectivity index (χ4v) is 4.36. The Labute approximate surface area is 121 Å². The van der Waals surface area contributed by atoms with Gasteiger partial charge in [0, 0.05) is 10.2 Å². The summed E-state index contributed by atoms with van der Waals surface area (Å²) < 4.78 is 23.7. The zero-order valence-electron chi connectivity index (χ0n) is 10.6. The second-order valence-electron chi connectivity index (χ2n) is 4.74. The van der Waals surface area contributed by atoms with E-state index in [2.05, 4.69) is 21.2 Å². The lowest BCUT2D eigenvalue weighted by Gasteiger charge is -2.13. The molecule has 0 saturated carbocycles. The van der Waals surface area contributed by atoms with E-state index in [1.54, 1.807) is 0 Å². The van der Waals surface area contributed by atoms with Gasteiger partial charge in [0.25, 0.3) is 0 Å². The summed E-state index contributed by atoms with van der Waals surface area (Å²) in [6.45, 7) is 2.01. The van der Waals surface area contributed by atoms with Crippen molar-refractivity contribution < 1.29 is 13.2 Å². The van der Waals surface area contributed by atoms with Crippen LogP contribution in [-0.2, 0) is 21.1 Å². The number of benzene rings is 1. The van der Waals surface area contributed by atoms with Crippen molar-refractivity contribution >= 4 is 37.4 Å². The maximum absolute atomic E-state index is 12.1. The molecule has 1 amide bonds. The Bertz CT molecular complexity index is 598. The summed E-state index contributed by atoms with van der Waals surface area (Å²) in [6, 6.07) is 5.66. The molecule has 1 N–H and O–H groups in total. The first-order valence-electron chi connectivity index (χ1n) is 6.21. The van der Waals surface area contributed by atoms with Gasteiger partial charge in [0.05, 0.1) is 17.4 Å². The molecule has 104 valence electrons. The number of carbonyl (C=O) groups is 1. The number of amides is 1. The van der Waals surface area contributed by atoms with Crippen LogP contribution < -0.4 is 5.32 Å².